The summed E-state index contributed by atoms with van der Waals surface area (Å²) < 4.78 is 28.4. The van der Waals surface area contributed by atoms with Gasteiger partial charge >= 0.3 is 5.97 Å². The number of amides is 1. The summed E-state index contributed by atoms with van der Waals surface area (Å²) in [5.74, 6) is -0.670. The average molecular weight is 396 g/mol. The molecule has 0 aromatic heterocycles. The number of hydrogen-bond donors (Lipinski definition) is 1. The molecule has 0 radical (unpaired) electrons. The highest BCUT2D eigenvalue weighted by Gasteiger charge is 2.22. The summed E-state index contributed by atoms with van der Waals surface area (Å²) in [4.78, 5) is 24.4. The van der Waals surface area contributed by atoms with Gasteiger partial charge in [0.25, 0.3) is 5.91 Å². The Morgan fingerprint density at radius 3 is 2.37 bits per heavy atom. The molecular formula is C19H19ClFNO5. The summed E-state index contributed by atoms with van der Waals surface area (Å²) in [6.07, 6.45) is -0.115. The van der Waals surface area contributed by atoms with E-state index >= 15 is 0 Å². The predicted molar refractivity (Wildman–Crippen MR) is 97.8 cm³/mol. The Balaban J connectivity index is 2.34. The van der Waals surface area contributed by atoms with Crippen molar-refractivity contribution >= 4 is 23.5 Å². The molecule has 0 bridgehead atoms. The Kier molecular flexibility index (Phi) is 7.01. The number of carbonyl (C=O) groups is 2. The van der Waals surface area contributed by atoms with Gasteiger partial charge in [0.2, 0.25) is 0 Å². The second-order valence-corrected chi connectivity index (χ2v) is 5.95. The Labute approximate surface area is 161 Å². The Morgan fingerprint density at radius 1 is 1.07 bits per heavy atom. The van der Waals surface area contributed by atoms with Crippen molar-refractivity contribution in [2.75, 3.05) is 21.3 Å². The largest absolute Gasteiger partial charge is 0.493 e. The third-order valence-corrected chi connectivity index (χ3v) is 4.20. The highest BCUT2D eigenvalue weighted by Crippen LogP contribution is 2.31. The first-order valence-electron chi connectivity index (χ1n) is 7.94. The molecule has 1 atom stereocenters. The van der Waals surface area contributed by atoms with E-state index in [4.69, 9.17) is 25.8 Å². The van der Waals surface area contributed by atoms with Crippen LogP contribution in [0.3, 0.4) is 0 Å². The standard InChI is InChI=1S/C19H19ClFNO5/c1-25-16-7-4-11(8-17(16)26-2)15(10-18(23)27-3)22-19(24)13-6-5-12(21)9-14(13)20/h4-9,15H,10H2,1-3H3,(H,22,24)/t15-/m1/s1. The zero-order chi connectivity index (χ0) is 20.0. The topological polar surface area (TPSA) is 73.9 Å². The fourth-order valence-corrected chi connectivity index (χ4v) is 2.73. The number of esters is 1. The van der Waals surface area contributed by atoms with Gasteiger partial charge in [-0.3, -0.25) is 9.59 Å². The van der Waals surface area contributed by atoms with E-state index in [1.54, 1.807) is 18.2 Å². The highest BCUT2D eigenvalue weighted by molar-refractivity contribution is 6.33. The molecule has 0 aliphatic rings. The SMILES string of the molecule is COC(=O)C[C@@H](NC(=O)c1ccc(F)cc1Cl)c1ccc(OC)c(OC)c1. The van der Waals surface area contributed by atoms with Gasteiger partial charge < -0.3 is 19.5 Å². The lowest BCUT2D eigenvalue weighted by molar-refractivity contribution is -0.141. The molecule has 0 aliphatic heterocycles. The summed E-state index contributed by atoms with van der Waals surface area (Å²) in [5.41, 5.74) is 0.693. The number of carbonyl (C=O) groups excluding carboxylic acids is 2. The molecule has 0 saturated heterocycles. The van der Waals surface area contributed by atoms with Crippen LogP contribution < -0.4 is 14.8 Å². The van der Waals surface area contributed by atoms with Gasteiger partial charge in [0.1, 0.15) is 5.82 Å². The number of rotatable bonds is 7. The monoisotopic (exact) mass is 395 g/mol. The molecular weight excluding hydrogens is 377 g/mol. The Morgan fingerprint density at radius 2 is 1.78 bits per heavy atom. The fraction of sp³-hybridized carbons (Fsp3) is 0.263. The first kappa shape index (κ1) is 20.5. The quantitative estimate of drug-likeness (QED) is 0.726. The lowest BCUT2D eigenvalue weighted by Gasteiger charge is -2.20. The summed E-state index contributed by atoms with van der Waals surface area (Å²) in [7, 11) is 4.24. The maximum absolute atomic E-state index is 13.2. The highest BCUT2D eigenvalue weighted by atomic mass is 35.5. The molecule has 144 valence electrons. The Bertz CT molecular complexity index is 843. The molecule has 0 fully saturated rings. The fourth-order valence-electron chi connectivity index (χ4n) is 2.48. The molecule has 27 heavy (non-hydrogen) atoms. The van der Waals surface area contributed by atoms with E-state index in [-0.39, 0.29) is 17.0 Å². The van der Waals surface area contributed by atoms with E-state index in [9.17, 15) is 14.0 Å². The van der Waals surface area contributed by atoms with Crippen LogP contribution >= 0.6 is 11.6 Å². The third-order valence-electron chi connectivity index (χ3n) is 3.89. The molecule has 8 heteroatoms. The number of halogens is 2. The van der Waals surface area contributed by atoms with E-state index in [1.165, 1.54) is 27.4 Å². The van der Waals surface area contributed by atoms with Crippen LogP contribution in [0.4, 0.5) is 4.39 Å². The molecule has 2 aromatic carbocycles. The minimum absolute atomic E-state index is 0.0309. The lowest BCUT2D eigenvalue weighted by atomic mass is 10.0. The predicted octanol–water partition coefficient (Wildman–Crippen LogP) is 3.53. The van der Waals surface area contributed by atoms with Gasteiger partial charge in [0, 0.05) is 0 Å². The summed E-state index contributed by atoms with van der Waals surface area (Å²) in [6, 6.07) is 7.74. The minimum atomic E-state index is -0.717. The van der Waals surface area contributed by atoms with Gasteiger partial charge in [-0.05, 0) is 35.9 Å². The van der Waals surface area contributed by atoms with Crippen molar-refractivity contribution in [2.24, 2.45) is 0 Å². The summed E-state index contributed by atoms with van der Waals surface area (Å²) in [6.45, 7) is 0. The van der Waals surface area contributed by atoms with Crippen LogP contribution in [0.5, 0.6) is 11.5 Å². The third kappa shape index (κ3) is 5.10. The van der Waals surface area contributed by atoms with E-state index in [0.29, 0.717) is 17.1 Å². The van der Waals surface area contributed by atoms with E-state index in [2.05, 4.69) is 5.32 Å². The molecule has 0 spiro atoms. The van der Waals surface area contributed by atoms with Crippen LogP contribution in [0.1, 0.15) is 28.4 Å². The molecule has 0 saturated carbocycles. The second kappa shape index (κ2) is 9.23. The van der Waals surface area contributed by atoms with Crippen molar-refractivity contribution < 1.29 is 28.2 Å². The van der Waals surface area contributed by atoms with Gasteiger partial charge in [-0.25, -0.2) is 4.39 Å². The number of ether oxygens (including phenoxy) is 3. The lowest BCUT2D eigenvalue weighted by Crippen LogP contribution is -2.30. The van der Waals surface area contributed by atoms with Crippen LogP contribution in [0.25, 0.3) is 0 Å². The van der Waals surface area contributed by atoms with Gasteiger partial charge in [-0.1, -0.05) is 17.7 Å². The minimum Gasteiger partial charge on any atom is -0.493 e. The molecule has 2 rings (SSSR count). The van der Waals surface area contributed by atoms with Crippen molar-refractivity contribution in [1.82, 2.24) is 5.32 Å². The first-order chi connectivity index (χ1) is 12.9. The Hall–Kier alpha value is -2.80. The van der Waals surface area contributed by atoms with Gasteiger partial charge in [0.05, 0.1) is 44.4 Å². The average Bonchev–Trinajstić information content (AvgIpc) is 2.66. The van der Waals surface area contributed by atoms with Crippen molar-refractivity contribution in [3.63, 3.8) is 0 Å². The smallest absolute Gasteiger partial charge is 0.307 e. The maximum atomic E-state index is 13.2. The van der Waals surface area contributed by atoms with Crippen molar-refractivity contribution in [3.05, 3.63) is 58.4 Å². The van der Waals surface area contributed by atoms with Crippen LogP contribution in [-0.4, -0.2) is 33.2 Å². The van der Waals surface area contributed by atoms with Crippen LogP contribution in [-0.2, 0) is 9.53 Å². The molecule has 1 N–H and O–H groups in total. The van der Waals surface area contributed by atoms with Crippen molar-refractivity contribution in [1.29, 1.82) is 0 Å². The van der Waals surface area contributed by atoms with E-state index in [1.807, 2.05) is 0 Å². The molecule has 0 unspecified atom stereocenters. The summed E-state index contributed by atoms with van der Waals surface area (Å²) >= 11 is 5.95. The van der Waals surface area contributed by atoms with Gasteiger partial charge in [-0.15, -0.1) is 0 Å². The van der Waals surface area contributed by atoms with Crippen LogP contribution in [0.15, 0.2) is 36.4 Å². The molecule has 0 heterocycles. The van der Waals surface area contributed by atoms with E-state index < -0.39 is 23.7 Å². The van der Waals surface area contributed by atoms with Crippen molar-refractivity contribution in [2.45, 2.75) is 12.5 Å². The zero-order valence-electron chi connectivity index (χ0n) is 15.0. The maximum Gasteiger partial charge on any atom is 0.307 e. The second-order valence-electron chi connectivity index (χ2n) is 5.54. The number of hydrogen-bond acceptors (Lipinski definition) is 5. The van der Waals surface area contributed by atoms with Gasteiger partial charge in [-0.2, -0.15) is 0 Å². The first-order valence-corrected chi connectivity index (χ1v) is 8.32. The number of methoxy groups -OCH3 is 3. The van der Waals surface area contributed by atoms with E-state index in [0.717, 1.165) is 12.1 Å². The van der Waals surface area contributed by atoms with Gasteiger partial charge in [0.15, 0.2) is 11.5 Å². The number of nitrogens with one attached hydrogen (secondary N) is 1. The van der Waals surface area contributed by atoms with Crippen molar-refractivity contribution in [3.8, 4) is 11.5 Å². The summed E-state index contributed by atoms with van der Waals surface area (Å²) in [5, 5.41) is 2.69. The number of benzene rings is 2. The zero-order valence-corrected chi connectivity index (χ0v) is 15.8. The van der Waals surface area contributed by atoms with Crippen LogP contribution in [0, 0.1) is 5.82 Å². The van der Waals surface area contributed by atoms with Crippen LogP contribution in [0.2, 0.25) is 5.02 Å². The normalized spacial score (nSPS) is 11.4. The molecule has 0 aliphatic carbocycles. The molecule has 1 amide bonds. The molecule has 2 aromatic rings. The molecule has 6 nitrogen and oxygen atoms in total.